The van der Waals surface area contributed by atoms with Crippen LogP contribution < -0.4 is 4.90 Å². The summed E-state index contributed by atoms with van der Waals surface area (Å²) in [6.45, 7) is 5.44. The lowest BCUT2D eigenvalue weighted by Crippen LogP contribution is -2.31. The number of hydrogen-bond donors (Lipinski definition) is 0. The zero-order chi connectivity index (χ0) is 14.9. The first-order valence-corrected chi connectivity index (χ1v) is 6.85. The van der Waals surface area contributed by atoms with E-state index in [0.717, 1.165) is 5.56 Å². The number of Topliss-reactive ketones (excluding diaryl/α,β-unsaturated/α-hetero) is 1. The summed E-state index contributed by atoms with van der Waals surface area (Å²) in [5, 5.41) is 0. The van der Waals surface area contributed by atoms with Crippen molar-refractivity contribution in [3.8, 4) is 0 Å². The molecule has 2 amide bonds. The van der Waals surface area contributed by atoms with Crippen molar-refractivity contribution >= 4 is 23.3 Å². The Hall–Kier alpha value is -1.97. The Labute approximate surface area is 126 Å². The van der Waals surface area contributed by atoms with E-state index in [1.54, 1.807) is 24.3 Å². The minimum atomic E-state index is -0.223. The minimum Gasteiger partial charge on any atom is -0.300 e. The maximum atomic E-state index is 12.3. The van der Waals surface area contributed by atoms with E-state index in [2.05, 4.69) is 0 Å². The molecule has 1 aromatic carbocycles. The number of imide groups is 1. The average Bonchev–Trinajstić information content (AvgIpc) is 2.66. The molecule has 0 radical (unpaired) electrons. The van der Waals surface area contributed by atoms with Crippen molar-refractivity contribution in [3.05, 3.63) is 29.8 Å². The van der Waals surface area contributed by atoms with Crippen LogP contribution in [-0.4, -0.2) is 17.6 Å². The van der Waals surface area contributed by atoms with Gasteiger partial charge in [-0.25, -0.2) is 0 Å². The summed E-state index contributed by atoms with van der Waals surface area (Å²) in [6.07, 6.45) is 0.655. The number of carbonyl (C=O) groups excluding carboxylic acids is 3. The molecule has 0 aliphatic carbocycles. The molecule has 1 aliphatic heterocycles. The Balaban J connectivity index is 0.00000220. The Morgan fingerprint density at radius 1 is 1.24 bits per heavy atom. The highest BCUT2D eigenvalue weighted by Gasteiger charge is 2.40. The van der Waals surface area contributed by atoms with Gasteiger partial charge in [-0.1, -0.05) is 33.4 Å². The third-order valence-electron chi connectivity index (χ3n) is 3.63. The SMILES string of the molecule is C.CC(=O)Cc1ccc(N2C(=O)CC(C(C)C)C2=O)cc1. The Morgan fingerprint density at radius 2 is 1.81 bits per heavy atom. The standard InChI is InChI=1S/C16H19NO3.CH4/c1-10(2)14-9-15(19)17(16(14)20)13-6-4-12(5-7-13)8-11(3)18;/h4-7,10,14H,8-9H2,1-3H3;1H4. The summed E-state index contributed by atoms with van der Waals surface area (Å²) < 4.78 is 0. The van der Waals surface area contributed by atoms with Crippen molar-refractivity contribution in [1.82, 2.24) is 0 Å². The zero-order valence-electron chi connectivity index (χ0n) is 12.1. The van der Waals surface area contributed by atoms with Crippen LogP contribution in [0.15, 0.2) is 24.3 Å². The first kappa shape index (κ1) is 17.1. The zero-order valence-corrected chi connectivity index (χ0v) is 12.1. The number of carbonyl (C=O) groups is 3. The number of amides is 2. The van der Waals surface area contributed by atoms with Gasteiger partial charge in [-0.3, -0.25) is 19.3 Å². The van der Waals surface area contributed by atoms with E-state index in [9.17, 15) is 14.4 Å². The van der Waals surface area contributed by atoms with E-state index in [-0.39, 0.29) is 43.3 Å². The van der Waals surface area contributed by atoms with E-state index in [1.165, 1.54) is 11.8 Å². The van der Waals surface area contributed by atoms with Gasteiger partial charge < -0.3 is 0 Å². The number of rotatable bonds is 4. The quantitative estimate of drug-likeness (QED) is 0.801. The van der Waals surface area contributed by atoms with Gasteiger partial charge in [0.05, 0.1) is 11.6 Å². The molecule has 1 aromatic rings. The molecule has 4 heteroatoms. The molecule has 0 aromatic heterocycles. The lowest BCUT2D eigenvalue weighted by Gasteiger charge is -2.16. The van der Waals surface area contributed by atoms with Crippen LogP contribution in [-0.2, 0) is 20.8 Å². The third kappa shape index (κ3) is 3.57. The van der Waals surface area contributed by atoms with Crippen LogP contribution in [0.1, 0.15) is 40.2 Å². The third-order valence-corrected chi connectivity index (χ3v) is 3.63. The first-order valence-electron chi connectivity index (χ1n) is 6.85. The van der Waals surface area contributed by atoms with Gasteiger partial charge in [0.1, 0.15) is 5.78 Å². The molecule has 0 saturated carbocycles. The summed E-state index contributed by atoms with van der Waals surface area (Å²) in [4.78, 5) is 36.6. The molecule has 1 heterocycles. The highest BCUT2D eigenvalue weighted by Crippen LogP contribution is 2.30. The normalized spacial score (nSPS) is 18.1. The van der Waals surface area contributed by atoms with Gasteiger partial charge in [-0.15, -0.1) is 0 Å². The fraction of sp³-hybridized carbons (Fsp3) is 0.471. The highest BCUT2D eigenvalue weighted by molar-refractivity contribution is 6.21. The molecule has 1 unspecified atom stereocenters. The topological polar surface area (TPSA) is 54.5 Å². The lowest BCUT2D eigenvalue weighted by molar-refractivity contribution is -0.123. The second kappa shape index (κ2) is 6.66. The van der Waals surface area contributed by atoms with E-state index in [0.29, 0.717) is 12.1 Å². The molecular formula is C17H23NO3. The van der Waals surface area contributed by atoms with E-state index in [1.807, 2.05) is 13.8 Å². The minimum absolute atomic E-state index is 0. The van der Waals surface area contributed by atoms with Gasteiger partial charge in [0.25, 0.3) is 0 Å². The highest BCUT2D eigenvalue weighted by atomic mass is 16.2. The molecule has 0 bridgehead atoms. The summed E-state index contributed by atoms with van der Waals surface area (Å²) in [6, 6.07) is 7.05. The Bertz CT molecular complexity index is 546. The molecule has 0 spiro atoms. The Morgan fingerprint density at radius 3 is 2.24 bits per heavy atom. The van der Waals surface area contributed by atoms with Crippen LogP contribution in [0.5, 0.6) is 0 Å². The van der Waals surface area contributed by atoms with E-state index < -0.39 is 0 Å². The number of nitrogens with zero attached hydrogens (tertiary/aromatic N) is 1. The predicted molar refractivity (Wildman–Crippen MR) is 83.0 cm³/mol. The number of ketones is 1. The van der Waals surface area contributed by atoms with Crippen LogP contribution >= 0.6 is 0 Å². The summed E-state index contributed by atoms with van der Waals surface area (Å²) in [5.74, 6) is -0.240. The molecule has 114 valence electrons. The van der Waals surface area contributed by atoms with Gasteiger partial charge >= 0.3 is 0 Å². The molecule has 1 atom stereocenters. The van der Waals surface area contributed by atoms with Crippen LogP contribution in [0.2, 0.25) is 0 Å². The fourth-order valence-electron chi connectivity index (χ4n) is 2.50. The van der Waals surface area contributed by atoms with Crippen molar-refractivity contribution in [2.75, 3.05) is 4.90 Å². The van der Waals surface area contributed by atoms with E-state index in [4.69, 9.17) is 0 Å². The van der Waals surface area contributed by atoms with Gasteiger partial charge in [0.15, 0.2) is 0 Å². The molecule has 1 saturated heterocycles. The lowest BCUT2D eigenvalue weighted by atomic mass is 9.94. The monoisotopic (exact) mass is 289 g/mol. The van der Waals surface area contributed by atoms with Gasteiger partial charge in [0.2, 0.25) is 11.8 Å². The molecular weight excluding hydrogens is 266 g/mol. The van der Waals surface area contributed by atoms with Crippen LogP contribution in [0, 0.1) is 11.8 Å². The number of hydrogen-bond acceptors (Lipinski definition) is 3. The largest absolute Gasteiger partial charge is 0.300 e. The predicted octanol–water partition coefficient (Wildman–Crippen LogP) is 2.99. The van der Waals surface area contributed by atoms with Crippen molar-refractivity contribution in [2.24, 2.45) is 11.8 Å². The summed E-state index contributed by atoms with van der Waals surface area (Å²) in [5.41, 5.74) is 1.48. The van der Waals surface area contributed by atoms with Gasteiger partial charge in [-0.2, -0.15) is 0 Å². The molecule has 2 rings (SSSR count). The summed E-state index contributed by atoms with van der Waals surface area (Å²) >= 11 is 0. The van der Waals surface area contributed by atoms with Crippen molar-refractivity contribution in [1.29, 1.82) is 0 Å². The maximum absolute atomic E-state index is 12.3. The molecule has 21 heavy (non-hydrogen) atoms. The van der Waals surface area contributed by atoms with Crippen LogP contribution in [0.25, 0.3) is 0 Å². The van der Waals surface area contributed by atoms with Crippen molar-refractivity contribution < 1.29 is 14.4 Å². The second-order valence-electron chi connectivity index (χ2n) is 5.67. The smallest absolute Gasteiger partial charge is 0.237 e. The molecule has 1 aliphatic rings. The fourth-order valence-corrected chi connectivity index (χ4v) is 2.50. The second-order valence-corrected chi connectivity index (χ2v) is 5.67. The van der Waals surface area contributed by atoms with Crippen LogP contribution in [0.4, 0.5) is 5.69 Å². The average molecular weight is 289 g/mol. The maximum Gasteiger partial charge on any atom is 0.237 e. The van der Waals surface area contributed by atoms with Gasteiger partial charge in [-0.05, 0) is 30.5 Å². The Kier molecular flexibility index (Phi) is 5.41. The summed E-state index contributed by atoms with van der Waals surface area (Å²) in [7, 11) is 0. The van der Waals surface area contributed by atoms with Gasteiger partial charge in [0, 0.05) is 12.8 Å². The van der Waals surface area contributed by atoms with Crippen LogP contribution in [0.3, 0.4) is 0 Å². The number of benzene rings is 1. The molecule has 4 nitrogen and oxygen atoms in total. The molecule has 0 N–H and O–H groups in total. The van der Waals surface area contributed by atoms with Crippen molar-refractivity contribution in [3.63, 3.8) is 0 Å². The number of anilines is 1. The molecule has 1 fully saturated rings. The van der Waals surface area contributed by atoms with Crippen molar-refractivity contribution in [2.45, 2.75) is 41.0 Å². The first-order chi connectivity index (χ1) is 9.40. The van der Waals surface area contributed by atoms with E-state index >= 15 is 0 Å².